The molecule has 0 aliphatic carbocycles. The molecule has 1 aromatic rings. The summed E-state index contributed by atoms with van der Waals surface area (Å²) in [4.78, 5) is 1.95. The van der Waals surface area contributed by atoms with E-state index in [1.807, 2.05) is 31.9 Å². The van der Waals surface area contributed by atoms with Gasteiger partial charge in [0.15, 0.2) is 0 Å². The molecule has 0 spiro atoms. The Morgan fingerprint density at radius 3 is 2.57 bits per heavy atom. The molecule has 14 heavy (non-hydrogen) atoms. The summed E-state index contributed by atoms with van der Waals surface area (Å²) in [5.41, 5.74) is 1.68. The average molecular weight is 260 g/mol. The molecule has 0 aliphatic heterocycles. The molecule has 1 aromatic carbocycles. The van der Waals surface area contributed by atoms with Crippen molar-refractivity contribution < 1.29 is 4.39 Å². The Hall–Kier alpha value is -0.570. The van der Waals surface area contributed by atoms with Gasteiger partial charge in [0, 0.05) is 18.4 Å². The summed E-state index contributed by atoms with van der Waals surface area (Å²) in [6, 6.07) is 5.47. The fourth-order valence-corrected chi connectivity index (χ4v) is 1.77. The summed E-state index contributed by atoms with van der Waals surface area (Å²) in [5, 5.41) is 0.678. The maximum atomic E-state index is 13.6. The van der Waals surface area contributed by atoms with Gasteiger partial charge in [0.25, 0.3) is 0 Å². The van der Waals surface area contributed by atoms with Crippen LogP contribution in [-0.2, 0) is 5.33 Å². The number of hydrogen-bond donors (Lipinski definition) is 0. The molecule has 0 fully saturated rings. The largest absolute Gasteiger partial charge is 0.370 e. The van der Waals surface area contributed by atoms with Gasteiger partial charge in [0.1, 0.15) is 5.82 Å². The minimum Gasteiger partial charge on any atom is -0.370 e. The Balaban J connectivity index is 3.16. The molecule has 0 aliphatic rings. The third-order valence-corrected chi connectivity index (χ3v) is 2.95. The lowest BCUT2D eigenvalue weighted by molar-refractivity contribution is 0.612. The van der Waals surface area contributed by atoms with Crippen LogP contribution < -0.4 is 4.90 Å². The molecule has 1 nitrogen and oxygen atoms in total. The molecule has 3 heteroatoms. The molecule has 78 valence electrons. The monoisotopic (exact) mass is 259 g/mol. The van der Waals surface area contributed by atoms with E-state index in [2.05, 4.69) is 15.9 Å². The van der Waals surface area contributed by atoms with Gasteiger partial charge in [0.05, 0.1) is 5.69 Å². The maximum absolute atomic E-state index is 13.6. The van der Waals surface area contributed by atoms with Crippen molar-refractivity contribution in [3.05, 3.63) is 29.6 Å². The standard InChI is InChI=1S/C11H15BrFN/c1-8(2)14(3)11-9(7-12)5-4-6-10(11)13/h4-6,8H,7H2,1-3H3. The van der Waals surface area contributed by atoms with Crippen LogP contribution in [0.5, 0.6) is 0 Å². The third kappa shape index (κ3) is 2.27. The van der Waals surface area contributed by atoms with E-state index in [1.54, 1.807) is 6.07 Å². The first-order chi connectivity index (χ1) is 6.57. The van der Waals surface area contributed by atoms with Crippen LogP contribution in [0.4, 0.5) is 10.1 Å². The first-order valence-corrected chi connectivity index (χ1v) is 5.76. The molecule has 0 N–H and O–H groups in total. The van der Waals surface area contributed by atoms with Crippen molar-refractivity contribution in [2.24, 2.45) is 0 Å². The fourth-order valence-electron chi connectivity index (χ4n) is 1.32. The van der Waals surface area contributed by atoms with Gasteiger partial charge in [-0.2, -0.15) is 0 Å². The minimum absolute atomic E-state index is 0.154. The molecule has 0 saturated heterocycles. The van der Waals surface area contributed by atoms with Gasteiger partial charge in [-0.25, -0.2) is 4.39 Å². The van der Waals surface area contributed by atoms with E-state index < -0.39 is 0 Å². The first kappa shape index (κ1) is 11.5. The molecule has 1 rings (SSSR count). The van der Waals surface area contributed by atoms with Crippen LogP contribution in [0.25, 0.3) is 0 Å². The molecule has 0 heterocycles. The molecule has 0 saturated carbocycles. The van der Waals surface area contributed by atoms with Crippen molar-refractivity contribution in [2.45, 2.75) is 25.2 Å². The highest BCUT2D eigenvalue weighted by Gasteiger charge is 2.13. The number of anilines is 1. The van der Waals surface area contributed by atoms with Crippen molar-refractivity contribution in [2.75, 3.05) is 11.9 Å². The summed E-state index contributed by atoms with van der Waals surface area (Å²) < 4.78 is 13.6. The van der Waals surface area contributed by atoms with Crippen LogP contribution in [0, 0.1) is 5.82 Å². The van der Waals surface area contributed by atoms with Gasteiger partial charge in [-0.3, -0.25) is 0 Å². The Morgan fingerprint density at radius 2 is 2.07 bits per heavy atom. The van der Waals surface area contributed by atoms with Gasteiger partial charge in [-0.15, -0.1) is 0 Å². The molecular formula is C11H15BrFN. The number of benzene rings is 1. The first-order valence-electron chi connectivity index (χ1n) is 4.64. The summed E-state index contributed by atoms with van der Waals surface area (Å²) in [7, 11) is 1.91. The smallest absolute Gasteiger partial charge is 0.146 e. The fraction of sp³-hybridized carbons (Fsp3) is 0.455. The van der Waals surface area contributed by atoms with Crippen LogP contribution in [0.1, 0.15) is 19.4 Å². The highest BCUT2D eigenvalue weighted by Crippen LogP contribution is 2.26. The van der Waals surface area contributed by atoms with Crippen molar-refractivity contribution in [3.63, 3.8) is 0 Å². The van der Waals surface area contributed by atoms with Gasteiger partial charge >= 0.3 is 0 Å². The number of para-hydroxylation sites is 1. The van der Waals surface area contributed by atoms with E-state index >= 15 is 0 Å². The lowest BCUT2D eigenvalue weighted by Gasteiger charge is -2.26. The number of rotatable bonds is 3. The molecular weight excluding hydrogens is 245 g/mol. The SMILES string of the molecule is CC(C)N(C)c1c(F)cccc1CBr. The Labute approximate surface area is 93.0 Å². The van der Waals surface area contributed by atoms with E-state index in [4.69, 9.17) is 0 Å². The van der Waals surface area contributed by atoms with Crippen LogP contribution >= 0.6 is 15.9 Å². The van der Waals surface area contributed by atoms with E-state index in [9.17, 15) is 4.39 Å². The Morgan fingerprint density at radius 1 is 1.43 bits per heavy atom. The van der Waals surface area contributed by atoms with Crippen molar-refractivity contribution in [3.8, 4) is 0 Å². The average Bonchev–Trinajstić information content (AvgIpc) is 2.16. The normalized spacial score (nSPS) is 10.7. The second-order valence-electron chi connectivity index (χ2n) is 3.59. The number of nitrogens with zero attached hydrogens (tertiary/aromatic N) is 1. The summed E-state index contributed by atoms with van der Waals surface area (Å²) in [6.07, 6.45) is 0. The minimum atomic E-state index is -0.154. The molecule has 0 unspecified atom stereocenters. The van der Waals surface area contributed by atoms with Gasteiger partial charge in [0.2, 0.25) is 0 Å². The Bertz CT molecular complexity index is 312. The quantitative estimate of drug-likeness (QED) is 0.751. The molecule has 0 atom stereocenters. The number of hydrogen-bond acceptors (Lipinski definition) is 1. The second-order valence-corrected chi connectivity index (χ2v) is 4.15. The molecule has 0 aromatic heterocycles. The summed E-state index contributed by atoms with van der Waals surface area (Å²) in [6.45, 7) is 4.09. The van der Waals surface area contributed by atoms with E-state index in [-0.39, 0.29) is 5.82 Å². The Kier molecular flexibility index (Phi) is 3.93. The van der Waals surface area contributed by atoms with Crippen LogP contribution in [0.3, 0.4) is 0 Å². The van der Waals surface area contributed by atoms with Gasteiger partial charge in [-0.1, -0.05) is 28.1 Å². The highest BCUT2D eigenvalue weighted by molar-refractivity contribution is 9.08. The van der Waals surface area contributed by atoms with Gasteiger partial charge in [-0.05, 0) is 25.5 Å². The van der Waals surface area contributed by atoms with Crippen LogP contribution in [-0.4, -0.2) is 13.1 Å². The zero-order valence-electron chi connectivity index (χ0n) is 8.72. The van der Waals surface area contributed by atoms with E-state index in [0.29, 0.717) is 17.1 Å². The maximum Gasteiger partial charge on any atom is 0.146 e. The number of alkyl halides is 1. The lowest BCUT2D eigenvalue weighted by Crippen LogP contribution is -2.27. The van der Waals surface area contributed by atoms with Crippen LogP contribution in [0.2, 0.25) is 0 Å². The van der Waals surface area contributed by atoms with Crippen molar-refractivity contribution in [1.29, 1.82) is 0 Å². The lowest BCUT2D eigenvalue weighted by atomic mass is 10.1. The second kappa shape index (κ2) is 4.78. The zero-order chi connectivity index (χ0) is 10.7. The van der Waals surface area contributed by atoms with Crippen molar-refractivity contribution >= 4 is 21.6 Å². The zero-order valence-corrected chi connectivity index (χ0v) is 10.3. The third-order valence-electron chi connectivity index (χ3n) is 2.34. The van der Waals surface area contributed by atoms with E-state index in [0.717, 1.165) is 5.56 Å². The summed E-state index contributed by atoms with van der Waals surface area (Å²) in [5.74, 6) is -0.154. The van der Waals surface area contributed by atoms with Crippen molar-refractivity contribution in [1.82, 2.24) is 0 Å². The predicted octanol–water partition coefficient (Wildman–Crippen LogP) is 3.57. The predicted molar refractivity (Wildman–Crippen MR) is 62.6 cm³/mol. The van der Waals surface area contributed by atoms with Crippen LogP contribution in [0.15, 0.2) is 18.2 Å². The van der Waals surface area contributed by atoms with E-state index in [1.165, 1.54) is 6.07 Å². The topological polar surface area (TPSA) is 3.24 Å². The highest BCUT2D eigenvalue weighted by atomic mass is 79.9. The van der Waals surface area contributed by atoms with Gasteiger partial charge < -0.3 is 4.90 Å². The molecule has 0 amide bonds. The number of halogens is 2. The molecule has 0 radical (unpaired) electrons. The molecule has 0 bridgehead atoms. The summed E-state index contributed by atoms with van der Waals surface area (Å²) >= 11 is 3.37.